The molecule has 0 unspecified atom stereocenters. The van der Waals surface area contributed by atoms with E-state index < -0.39 is 0 Å². The zero-order chi connectivity index (χ0) is 16.9. The van der Waals surface area contributed by atoms with Crippen LogP contribution in [0.3, 0.4) is 0 Å². The van der Waals surface area contributed by atoms with Gasteiger partial charge in [0.25, 0.3) is 0 Å². The van der Waals surface area contributed by atoms with Gasteiger partial charge in [-0.15, -0.1) is 0 Å². The predicted molar refractivity (Wildman–Crippen MR) is 101 cm³/mol. The third kappa shape index (κ3) is 2.48. The summed E-state index contributed by atoms with van der Waals surface area (Å²) in [5.41, 5.74) is 5.24. The molecule has 0 aliphatic carbocycles. The molecule has 0 fully saturated rings. The smallest absolute Gasteiger partial charge is 0.135 e. The van der Waals surface area contributed by atoms with Gasteiger partial charge in [-0.2, -0.15) is 0 Å². The fourth-order valence-corrected chi connectivity index (χ4v) is 6.00. The maximum atomic E-state index is 13.5. The molecule has 2 aromatic carbocycles. The number of fused-ring (bicyclic) bond motifs is 3. The number of para-hydroxylation sites is 1. The molecule has 122 valence electrons. The predicted octanol–water partition coefficient (Wildman–Crippen LogP) is 5.82. The molecule has 0 spiro atoms. The Kier molecular flexibility index (Phi) is 3.58. The van der Waals surface area contributed by atoms with E-state index in [1.54, 1.807) is 26.7 Å². The highest BCUT2D eigenvalue weighted by Crippen LogP contribution is 2.46. The average Bonchev–Trinajstić information content (AvgIpc) is 2.94. The van der Waals surface area contributed by atoms with Gasteiger partial charge >= 0.3 is 0 Å². The minimum Gasteiger partial charge on any atom is -0.374 e. The van der Waals surface area contributed by atoms with E-state index >= 15 is 0 Å². The van der Waals surface area contributed by atoms with Crippen LogP contribution in [0.4, 0.5) is 15.8 Å². The van der Waals surface area contributed by atoms with Crippen molar-refractivity contribution >= 4 is 32.1 Å². The van der Waals surface area contributed by atoms with Crippen LogP contribution in [0.1, 0.15) is 24.3 Å². The van der Waals surface area contributed by atoms with E-state index in [2.05, 4.69) is 44.3 Å². The van der Waals surface area contributed by atoms with E-state index in [1.807, 2.05) is 6.07 Å². The summed E-state index contributed by atoms with van der Waals surface area (Å²) in [5.74, 6) is -0.261. The first-order valence-electron chi connectivity index (χ1n) is 7.78. The molecule has 1 aliphatic heterocycles. The molecule has 1 aliphatic rings. The normalized spacial score (nSPS) is 15.6. The van der Waals surface area contributed by atoms with Crippen molar-refractivity contribution in [2.75, 3.05) is 5.32 Å². The van der Waals surface area contributed by atoms with Gasteiger partial charge in [-0.05, 0) is 44.5 Å². The molecule has 0 radical (unpaired) electrons. The van der Waals surface area contributed by atoms with Gasteiger partial charge in [-0.25, -0.2) is 9.38 Å². The lowest BCUT2D eigenvalue weighted by Crippen LogP contribution is -2.32. The summed E-state index contributed by atoms with van der Waals surface area (Å²) in [4.78, 5) is 6.01. The fraction of sp³-hybridized carbons (Fsp3) is 0.211. The first-order chi connectivity index (χ1) is 11.5. The summed E-state index contributed by atoms with van der Waals surface area (Å²) in [6.45, 7) is 6.50. The molecule has 0 amide bonds. The van der Waals surface area contributed by atoms with Gasteiger partial charge in [-0.1, -0.05) is 44.9 Å². The van der Waals surface area contributed by atoms with E-state index in [4.69, 9.17) is 4.99 Å². The third-order valence-electron chi connectivity index (χ3n) is 4.23. The minimum atomic E-state index is -0.261. The molecule has 0 atom stereocenters. The van der Waals surface area contributed by atoms with Crippen LogP contribution in [0.25, 0.3) is 11.1 Å². The minimum absolute atomic E-state index is 0.147. The lowest BCUT2D eigenvalue weighted by molar-refractivity contribution is 0.618. The van der Waals surface area contributed by atoms with E-state index in [0.29, 0.717) is 5.69 Å². The van der Waals surface area contributed by atoms with Gasteiger partial charge < -0.3 is 5.32 Å². The number of hydrogen-bond acceptors (Lipinski definition) is 4. The Morgan fingerprint density at radius 2 is 1.88 bits per heavy atom. The number of benzene rings is 2. The second-order valence-electron chi connectivity index (χ2n) is 6.52. The highest BCUT2D eigenvalue weighted by atomic mass is 32.9. The molecule has 1 aromatic heterocycles. The standard InChI is InChI=1S/C19H17FN2S2/c1-11-6-4-9-14-15-17(19(2,3)22-16(11)14)23-24-18(15)21-13-8-5-7-12(20)10-13/h4-10,22H,1-3H3. The number of anilines is 1. The fourth-order valence-electron chi connectivity index (χ4n) is 3.06. The van der Waals surface area contributed by atoms with Crippen LogP contribution in [0.15, 0.2) is 47.5 Å². The molecule has 1 N–H and O–H groups in total. The van der Waals surface area contributed by atoms with Crippen LogP contribution in [0.2, 0.25) is 0 Å². The van der Waals surface area contributed by atoms with Crippen molar-refractivity contribution in [1.82, 2.24) is 0 Å². The van der Waals surface area contributed by atoms with Crippen LogP contribution < -0.4 is 9.99 Å². The summed E-state index contributed by atoms with van der Waals surface area (Å²) < 4.78 is 14.4. The molecule has 2 nitrogen and oxygen atoms in total. The number of hydrogen-bond donors (Lipinski definition) is 1. The average molecular weight is 356 g/mol. The van der Waals surface area contributed by atoms with Gasteiger partial charge in [0.1, 0.15) is 10.5 Å². The molecule has 0 saturated heterocycles. The third-order valence-corrected chi connectivity index (χ3v) is 6.87. The van der Waals surface area contributed by atoms with Crippen molar-refractivity contribution in [1.29, 1.82) is 0 Å². The van der Waals surface area contributed by atoms with Crippen molar-refractivity contribution in [3.8, 4) is 11.1 Å². The monoisotopic (exact) mass is 356 g/mol. The van der Waals surface area contributed by atoms with Gasteiger partial charge in [0.05, 0.1) is 16.1 Å². The zero-order valence-corrected chi connectivity index (χ0v) is 15.3. The highest BCUT2D eigenvalue weighted by molar-refractivity contribution is 7.68. The largest absolute Gasteiger partial charge is 0.374 e. The molecular formula is C19H17FN2S2. The van der Waals surface area contributed by atoms with E-state index in [-0.39, 0.29) is 11.4 Å². The molecule has 24 heavy (non-hydrogen) atoms. The molecule has 0 bridgehead atoms. The second-order valence-corrected chi connectivity index (χ2v) is 8.64. The molecule has 0 saturated carbocycles. The number of aryl methyl sites for hydroxylation is 1. The molecule has 2 heterocycles. The van der Waals surface area contributed by atoms with Gasteiger partial charge in [-0.3, -0.25) is 0 Å². The number of nitrogens with one attached hydrogen (secondary N) is 1. The topological polar surface area (TPSA) is 24.4 Å². The highest BCUT2D eigenvalue weighted by Gasteiger charge is 2.34. The summed E-state index contributed by atoms with van der Waals surface area (Å²) >= 11 is 0. The number of nitrogens with zero attached hydrogens (tertiary/aromatic N) is 1. The number of rotatable bonds is 1. The first kappa shape index (κ1) is 15.5. The Balaban J connectivity index is 2.01. The molecular weight excluding hydrogens is 339 g/mol. The van der Waals surface area contributed by atoms with Crippen LogP contribution in [-0.2, 0) is 5.54 Å². The molecule has 3 aromatic rings. The maximum absolute atomic E-state index is 13.5. The SMILES string of the molecule is Cc1cccc2c1NC(C)(C)c1ssc(=Nc3cccc(F)c3)c1-2. The van der Waals surface area contributed by atoms with E-state index in [0.717, 1.165) is 10.4 Å². The zero-order valence-electron chi connectivity index (χ0n) is 13.7. The van der Waals surface area contributed by atoms with Crippen LogP contribution in [0, 0.1) is 12.7 Å². The Morgan fingerprint density at radius 3 is 2.67 bits per heavy atom. The Bertz CT molecular complexity index is 999. The van der Waals surface area contributed by atoms with Gasteiger partial charge in [0.2, 0.25) is 0 Å². The summed E-state index contributed by atoms with van der Waals surface area (Å²) in [5, 5.41) is 3.66. The summed E-state index contributed by atoms with van der Waals surface area (Å²) in [6.07, 6.45) is 0. The van der Waals surface area contributed by atoms with Crippen LogP contribution in [-0.4, -0.2) is 0 Å². The van der Waals surface area contributed by atoms with Crippen molar-refractivity contribution in [3.05, 3.63) is 63.4 Å². The lowest BCUT2D eigenvalue weighted by Gasteiger charge is -2.34. The van der Waals surface area contributed by atoms with E-state index in [1.165, 1.54) is 33.7 Å². The summed E-state index contributed by atoms with van der Waals surface area (Å²) in [6, 6.07) is 12.8. The molecule has 4 rings (SSSR count). The first-order valence-corrected chi connectivity index (χ1v) is 9.93. The summed E-state index contributed by atoms with van der Waals surface area (Å²) in [7, 11) is 3.39. The van der Waals surface area contributed by atoms with E-state index in [9.17, 15) is 4.39 Å². The van der Waals surface area contributed by atoms with Crippen LogP contribution in [0.5, 0.6) is 0 Å². The van der Waals surface area contributed by atoms with Crippen molar-refractivity contribution in [2.24, 2.45) is 4.99 Å². The second kappa shape index (κ2) is 5.53. The quantitative estimate of drug-likeness (QED) is 0.546. The number of halogens is 1. The van der Waals surface area contributed by atoms with Crippen molar-refractivity contribution < 1.29 is 4.39 Å². The van der Waals surface area contributed by atoms with Crippen molar-refractivity contribution in [3.63, 3.8) is 0 Å². The van der Waals surface area contributed by atoms with Gasteiger partial charge in [0, 0.05) is 16.8 Å². The van der Waals surface area contributed by atoms with Gasteiger partial charge in [0.15, 0.2) is 0 Å². The Hall–Kier alpha value is -1.98. The molecule has 5 heteroatoms. The lowest BCUT2D eigenvalue weighted by atomic mass is 9.88. The maximum Gasteiger partial charge on any atom is 0.135 e. The van der Waals surface area contributed by atoms with Crippen LogP contribution >= 0.6 is 20.7 Å². The Labute approximate surface area is 147 Å². The van der Waals surface area contributed by atoms with Crippen molar-refractivity contribution in [2.45, 2.75) is 26.3 Å². The Morgan fingerprint density at radius 1 is 1.08 bits per heavy atom.